The molecule has 0 aliphatic heterocycles. The maximum absolute atomic E-state index is 12.8. The first-order chi connectivity index (χ1) is 24.3. The third-order valence-electron chi connectivity index (χ3n) is 7.80. The molecule has 2 amide bonds. The lowest BCUT2D eigenvalue weighted by atomic mass is 10.0. The number of carbonyl (C=O) groups is 6. The molecule has 0 fully saturated rings. The number of benzene rings is 4. The maximum Gasteiger partial charge on any atom is 0.336 e. The third kappa shape index (κ3) is 10.6. The van der Waals surface area contributed by atoms with Crippen molar-refractivity contribution in [3.8, 4) is 11.5 Å². The minimum atomic E-state index is -1.67. The molecule has 0 aromatic heterocycles. The van der Waals surface area contributed by atoms with Gasteiger partial charge >= 0.3 is 23.9 Å². The lowest BCUT2D eigenvalue weighted by molar-refractivity contribution is -0.168. The van der Waals surface area contributed by atoms with Crippen molar-refractivity contribution >= 4 is 57.2 Å². The molecule has 4 N–H and O–H groups in total. The highest BCUT2D eigenvalue weighted by atomic mass is 16.6. The number of esters is 4. The van der Waals surface area contributed by atoms with Crippen molar-refractivity contribution < 1.29 is 47.7 Å². The van der Waals surface area contributed by atoms with Crippen molar-refractivity contribution in [1.29, 1.82) is 0 Å². The van der Waals surface area contributed by atoms with Crippen LogP contribution in [0.5, 0.6) is 11.5 Å². The Labute approximate surface area is 294 Å². The van der Waals surface area contributed by atoms with Crippen LogP contribution < -0.4 is 25.8 Å². The Bertz CT molecular complexity index is 1900. The van der Waals surface area contributed by atoms with Crippen molar-refractivity contribution in [2.75, 3.05) is 13.2 Å². The van der Waals surface area contributed by atoms with Crippen molar-refractivity contribution in [3.63, 3.8) is 0 Å². The summed E-state index contributed by atoms with van der Waals surface area (Å²) >= 11 is 0. The van der Waals surface area contributed by atoms with Gasteiger partial charge in [0.15, 0.2) is 13.2 Å². The molecule has 0 unspecified atom stereocenters. The smallest absolute Gasteiger partial charge is 0.336 e. The molecular formula is C38H41N3O10. The van der Waals surface area contributed by atoms with Crippen molar-refractivity contribution in [2.24, 2.45) is 17.6 Å². The molecule has 0 bridgehead atoms. The monoisotopic (exact) mass is 699 g/mol. The summed E-state index contributed by atoms with van der Waals surface area (Å²) in [6.45, 7) is 5.72. The molecule has 4 aromatic carbocycles. The second kappa shape index (κ2) is 17.7. The summed E-state index contributed by atoms with van der Waals surface area (Å²) in [5.41, 5.74) is 5.80. The molecule has 0 aliphatic rings. The maximum atomic E-state index is 12.8. The SMILES string of the molecule is CC(C)[C@H](NC(=O)COc1cccc2ccccc12)C(=O)OC(=O)C[C@H](N)C(=O)OC(=O)[C@@H](NC(=O)COc1cccc2ccccc12)C(C)C. The second-order valence-corrected chi connectivity index (χ2v) is 12.5. The average molecular weight is 700 g/mol. The van der Waals surface area contributed by atoms with Crippen molar-refractivity contribution in [2.45, 2.75) is 52.2 Å². The molecule has 4 rings (SSSR count). The fourth-order valence-corrected chi connectivity index (χ4v) is 5.07. The van der Waals surface area contributed by atoms with E-state index in [9.17, 15) is 28.8 Å². The number of amides is 2. The van der Waals surface area contributed by atoms with Crippen LogP contribution in [0.2, 0.25) is 0 Å². The number of hydrogen-bond donors (Lipinski definition) is 3. The molecule has 0 heterocycles. The Morgan fingerprint density at radius 2 is 0.980 bits per heavy atom. The van der Waals surface area contributed by atoms with Crippen LogP contribution in [0.1, 0.15) is 34.1 Å². The molecule has 51 heavy (non-hydrogen) atoms. The van der Waals surface area contributed by atoms with Gasteiger partial charge in [-0.2, -0.15) is 0 Å². The standard InChI is InChI=1S/C38H41N3O10/c1-22(2)34(40-31(42)20-48-29-17-9-13-24-11-5-7-15-26(24)29)37(46)50-33(44)19-28(39)36(45)51-38(47)35(23(3)4)41-32(43)21-49-30-18-10-14-25-12-6-8-16-27(25)30/h5-18,22-23,28,34-35H,19-21,39H2,1-4H3,(H,40,42)(H,41,43)/t28-,34-,35-/m0/s1. The zero-order chi connectivity index (χ0) is 37.1. The number of ether oxygens (including phenoxy) is 4. The normalized spacial score (nSPS) is 12.8. The van der Waals surface area contributed by atoms with Gasteiger partial charge in [0, 0.05) is 10.8 Å². The van der Waals surface area contributed by atoms with E-state index in [0.717, 1.165) is 21.5 Å². The first-order valence-corrected chi connectivity index (χ1v) is 16.4. The minimum absolute atomic E-state index is 0.405. The minimum Gasteiger partial charge on any atom is -0.483 e. The first kappa shape index (κ1) is 38.0. The fraction of sp³-hybridized carbons (Fsp3) is 0.316. The molecule has 0 aliphatic carbocycles. The largest absolute Gasteiger partial charge is 0.483 e. The van der Waals surface area contributed by atoms with E-state index in [2.05, 4.69) is 10.6 Å². The van der Waals surface area contributed by atoms with E-state index in [1.165, 1.54) is 0 Å². The summed E-state index contributed by atoms with van der Waals surface area (Å²) in [5, 5.41) is 8.46. The molecule has 0 spiro atoms. The lowest BCUT2D eigenvalue weighted by Crippen LogP contribution is -2.49. The first-order valence-electron chi connectivity index (χ1n) is 16.4. The topological polar surface area (TPSA) is 189 Å². The van der Waals surface area contributed by atoms with Gasteiger partial charge in [0.25, 0.3) is 11.8 Å². The van der Waals surface area contributed by atoms with Gasteiger partial charge in [-0.3, -0.25) is 14.4 Å². The molecule has 0 saturated carbocycles. The number of carbonyl (C=O) groups excluding carboxylic acids is 6. The molecule has 4 aromatic rings. The van der Waals surface area contributed by atoms with Gasteiger partial charge in [-0.25, -0.2) is 14.4 Å². The zero-order valence-corrected chi connectivity index (χ0v) is 28.8. The average Bonchev–Trinajstić information content (AvgIpc) is 3.10. The highest BCUT2D eigenvalue weighted by Gasteiger charge is 2.32. The molecule has 268 valence electrons. The number of nitrogens with two attached hydrogens (primary N) is 1. The predicted molar refractivity (Wildman–Crippen MR) is 187 cm³/mol. The van der Waals surface area contributed by atoms with E-state index in [-0.39, 0.29) is 0 Å². The van der Waals surface area contributed by atoms with Crippen LogP contribution in [0.15, 0.2) is 84.9 Å². The van der Waals surface area contributed by atoms with Crippen LogP contribution in [-0.2, 0) is 38.2 Å². The number of nitrogens with one attached hydrogen (secondary N) is 2. The highest BCUT2D eigenvalue weighted by molar-refractivity contribution is 5.97. The number of hydrogen-bond acceptors (Lipinski definition) is 11. The van der Waals surface area contributed by atoms with Gasteiger partial charge in [-0.1, -0.05) is 100 Å². The van der Waals surface area contributed by atoms with Gasteiger partial charge in [-0.15, -0.1) is 0 Å². The van der Waals surface area contributed by atoms with Crippen molar-refractivity contribution in [3.05, 3.63) is 84.9 Å². The quantitative estimate of drug-likeness (QED) is 0.121. The summed E-state index contributed by atoms with van der Waals surface area (Å²) in [5.74, 6) is -5.89. The van der Waals surface area contributed by atoms with Gasteiger partial charge in [-0.05, 0) is 34.7 Å². The summed E-state index contributed by atoms with van der Waals surface area (Å²) < 4.78 is 21.1. The summed E-state index contributed by atoms with van der Waals surface area (Å²) in [7, 11) is 0. The molecule has 0 saturated heterocycles. The van der Waals surface area contributed by atoms with Gasteiger partial charge in [0.1, 0.15) is 29.6 Å². The molecular weight excluding hydrogens is 658 g/mol. The van der Waals surface area contributed by atoms with Crippen molar-refractivity contribution in [1.82, 2.24) is 10.6 Å². The van der Waals surface area contributed by atoms with E-state index in [1.54, 1.807) is 52.0 Å². The van der Waals surface area contributed by atoms with Crippen LogP contribution in [0, 0.1) is 11.8 Å². The molecule has 3 atom stereocenters. The summed E-state index contributed by atoms with van der Waals surface area (Å²) in [6.07, 6.45) is -0.807. The van der Waals surface area contributed by atoms with Gasteiger partial charge in [0.2, 0.25) is 0 Å². The van der Waals surface area contributed by atoms with E-state index < -0.39 is 85.3 Å². The Hall–Kier alpha value is -5.82. The molecule has 13 nitrogen and oxygen atoms in total. The second-order valence-electron chi connectivity index (χ2n) is 12.5. The van der Waals surface area contributed by atoms with Crippen LogP contribution in [0.25, 0.3) is 21.5 Å². The third-order valence-corrected chi connectivity index (χ3v) is 7.80. The van der Waals surface area contributed by atoms with Crippen LogP contribution in [0.4, 0.5) is 0 Å². The summed E-state index contributed by atoms with van der Waals surface area (Å²) in [6, 6.07) is 21.6. The van der Waals surface area contributed by atoms with Gasteiger partial charge < -0.3 is 35.3 Å². The van der Waals surface area contributed by atoms with Crippen LogP contribution in [0.3, 0.4) is 0 Å². The lowest BCUT2D eigenvalue weighted by Gasteiger charge is -2.22. The highest BCUT2D eigenvalue weighted by Crippen LogP contribution is 2.26. The number of rotatable bonds is 15. The summed E-state index contributed by atoms with van der Waals surface area (Å²) in [4.78, 5) is 76.2. The zero-order valence-electron chi connectivity index (χ0n) is 28.8. The van der Waals surface area contributed by atoms with Crippen LogP contribution >= 0.6 is 0 Å². The number of fused-ring (bicyclic) bond motifs is 2. The Morgan fingerprint density at radius 1 is 0.569 bits per heavy atom. The Balaban J connectivity index is 1.24. The van der Waals surface area contributed by atoms with E-state index in [0.29, 0.717) is 11.5 Å². The Morgan fingerprint density at radius 3 is 1.43 bits per heavy atom. The van der Waals surface area contributed by atoms with E-state index >= 15 is 0 Å². The van der Waals surface area contributed by atoms with Crippen LogP contribution in [-0.4, -0.2) is 67.0 Å². The molecule has 0 radical (unpaired) electrons. The van der Waals surface area contributed by atoms with Gasteiger partial charge in [0.05, 0.1) is 6.42 Å². The van der Waals surface area contributed by atoms with E-state index in [1.807, 2.05) is 60.7 Å². The predicted octanol–water partition coefficient (Wildman–Crippen LogP) is 3.59. The fourth-order valence-electron chi connectivity index (χ4n) is 5.07. The Kier molecular flexibility index (Phi) is 13.2. The van der Waals surface area contributed by atoms with E-state index in [4.69, 9.17) is 24.7 Å². The molecule has 13 heteroatoms.